The van der Waals surface area contributed by atoms with E-state index in [9.17, 15) is 5.11 Å². The highest BCUT2D eigenvalue weighted by atomic mass is 35.5. The third kappa shape index (κ3) is 2.78. The molecule has 0 saturated heterocycles. The van der Waals surface area contributed by atoms with Crippen LogP contribution in [0, 0.1) is 5.41 Å². The summed E-state index contributed by atoms with van der Waals surface area (Å²) in [5.41, 5.74) is 0.870. The quantitative estimate of drug-likeness (QED) is 0.831. The van der Waals surface area contributed by atoms with E-state index in [1.54, 1.807) is 0 Å². The minimum absolute atomic E-state index is 0.271. The maximum Gasteiger partial charge on any atom is 0.0693 e. The molecule has 1 aliphatic rings. The molecule has 0 spiro atoms. The molecule has 0 heterocycles. The van der Waals surface area contributed by atoms with Crippen LogP contribution in [-0.4, -0.2) is 10.7 Å². The third-order valence-electron chi connectivity index (χ3n) is 3.50. The Morgan fingerprint density at radius 2 is 2.06 bits per heavy atom. The highest BCUT2D eigenvalue weighted by molar-refractivity contribution is 6.30. The van der Waals surface area contributed by atoms with Crippen molar-refractivity contribution in [3.8, 4) is 0 Å². The highest BCUT2D eigenvalue weighted by Crippen LogP contribution is 2.45. The van der Waals surface area contributed by atoms with Crippen LogP contribution in [-0.2, 0) is 6.42 Å². The molecule has 16 heavy (non-hydrogen) atoms. The van der Waals surface area contributed by atoms with Crippen LogP contribution in [0.3, 0.4) is 0 Å². The number of hydrogen-bond acceptors (Lipinski definition) is 1. The zero-order valence-electron chi connectivity index (χ0n) is 9.96. The number of benzene rings is 1. The van der Waals surface area contributed by atoms with Gasteiger partial charge in [-0.25, -0.2) is 0 Å². The molecule has 2 rings (SSSR count). The van der Waals surface area contributed by atoms with Gasteiger partial charge in [-0.05, 0) is 42.4 Å². The van der Waals surface area contributed by atoms with Crippen molar-refractivity contribution < 1.29 is 5.11 Å². The van der Waals surface area contributed by atoms with E-state index < -0.39 is 5.60 Å². The Bertz CT molecular complexity index is 386. The summed E-state index contributed by atoms with van der Waals surface area (Å²) in [6.07, 6.45) is 3.60. The molecule has 88 valence electrons. The molecule has 0 aliphatic heterocycles. The van der Waals surface area contributed by atoms with Gasteiger partial charge in [0, 0.05) is 11.4 Å². The summed E-state index contributed by atoms with van der Waals surface area (Å²) in [5.74, 6) is 0. The van der Waals surface area contributed by atoms with Crippen LogP contribution in [0.25, 0.3) is 0 Å². The molecular formula is C14H19ClO. The molecule has 1 aromatic carbocycles. The number of halogens is 1. The molecule has 0 radical (unpaired) electrons. The van der Waals surface area contributed by atoms with Crippen LogP contribution < -0.4 is 0 Å². The molecule has 1 saturated carbocycles. The van der Waals surface area contributed by atoms with Crippen LogP contribution in [0.5, 0.6) is 0 Å². The Morgan fingerprint density at radius 3 is 2.62 bits per heavy atom. The monoisotopic (exact) mass is 238 g/mol. The van der Waals surface area contributed by atoms with Gasteiger partial charge in [-0.3, -0.25) is 0 Å². The van der Waals surface area contributed by atoms with E-state index in [0.29, 0.717) is 0 Å². The van der Waals surface area contributed by atoms with Crippen molar-refractivity contribution in [3.05, 3.63) is 34.9 Å². The van der Waals surface area contributed by atoms with Crippen LogP contribution in [0.4, 0.5) is 0 Å². The smallest absolute Gasteiger partial charge is 0.0693 e. The highest BCUT2D eigenvalue weighted by Gasteiger charge is 2.41. The molecule has 1 aliphatic carbocycles. The minimum atomic E-state index is -0.534. The lowest BCUT2D eigenvalue weighted by atomic mass is 9.86. The van der Waals surface area contributed by atoms with Crippen molar-refractivity contribution in [3.63, 3.8) is 0 Å². The van der Waals surface area contributed by atoms with Crippen LogP contribution in [0.15, 0.2) is 24.3 Å². The Morgan fingerprint density at radius 1 is 1.31 bits per heavy atom. The predicted molar refractivity (Wildman–Crippen MR) is 67.7 cm³/mol. The van der Waals surface area contributed by atoms with Crippen molar-refractivity contribution in [1.29, 1.82) is 0 Å². The standard InChI is InChI=1S/C14H19ClO/c1-13(2)6-7-14(16,10-13)9-11-4-3-5-12(15)8-11/h3-5,8,16H,6-7,9-10H2,1-2H3. The van der Waals surface area contributed by atoms with E-state index in [-0.39, 0.29) is 5.41 Å². The fourth-order valence-electron chi connectivity index (χ4n) is 2.82. The van der Waals surface area contributed by atoms with Gasteiger partial charge < -0.3 is 5.11 Å². The SMILES string of the molecule is CC1(C)CCC(O)(Cc2cccc(Cl)c2)C1. The van der Waals surface area contributed by atoms with Gasteiger partial charge in [0.2, 0.25) is 0 Å². The summed E-state index contributed by atoms with van der Waals surface area (Å²) >= 11 is 5.95. The molecule has 0 bridgehead atoms. The Hall–Kier alpha value is -0.530. The fourth-order valence-corrected chi connectivity index (χ4v) is 3.03. The average molecular weight is 239 g/mol. The van der Waals surface area contributed by atoms with E-state index in [1.807, 2.05) is 24.3 Å². The zero-order chi connectivity index (χ0) is 11.8. The largest absolute Gasteiger partial charge is 0.390 e. The second-order valence-corrected chi connectivity index (χ2v) is 6.31. The normalized spacial score (nSPS) is 28.2. The topological polar surface area (TPSA) is 20.2 Å². The number of aliphatic hydroxyl groups is 1. The Labute approximate surface area is 102 Å². The van der Waals surface area contributed by atoms with Gasteiger partial charge >= 0.3 is 0 Å². The Balaban J connectivity index is 2.10. The van der Waals surface area contributed by atoms with E-state index in [1.165, 1.54) is 0 Å². The minimum Gasteiger partial charge on any atom is -0.390 e. The average Bonchev–Trinajstić information content (AvgIpc) is 2.40. The van der Waals surface area contributed by atoms with Crippen LogP contribution >= 0.6 is 11.6 Å². The van der Waals surface area contributed by atoms with Crippen LogP contribution in [0.2, 0.25) is 5.02 Å². The van der Waals surface area contributed by atoms with E-state index >= 15 is 0 Å². The second-order valence-electron chi connectivity index (χ2n) is 5.87. The van der Waals surface area contributed by atoms with Crippen molar-refractivity contribution in [2.24, 2.45) is 5.41 Å². The molecule has 1 N–H and O–H groups in total. The second kappa shape index (κ2) is 4.05. The van der Waals surface area contributed by atoms with Gasteiger partial charge in [0.25, 0.3) is 0 Å². The van der Waals surface area contributed by atoms with Gasteiger partial charge in [0.1, 0.15) is 0 Å². The van der Waals surface area contributed by atoms with Crippen molar-refractivity contribution in [1.82, 2.24) is 0 Å². The van der Waals surface area contributed by atoms with E-state index in [2.05, 4.69) is 13.8 Å². The number of rotatable bonds is 2. The summed E-state index contributed by atoms with van der Waals surface area (Å²) in [6.45, 7) is 4.45. The molecular weight excluding hydrogens is 220 g/mol. The lowest BCUT2D eigenvalue weighted by molar-refractivity contribution is 0.0379. The summed E-state index contributed by atoms with van der Waals surface area (Å²) < 4.78 is 0. The molecule has 1 aromatic rings. The fraction of sp³-hybridized carbons (Fsp3) is 0.571. The van der Waals surface area contributed by atoms with Crippen molar-refractivity contribution in [2.45, 2.75) is 45.1 Å². The summed E-state index contributed by atoms with van der Waals surface area (Å²) in [6, 6.07) is 7.80. The lowest BCUT2D eigenvalue weighted by Gasteiger charge is -2.25. The maximum absolute atomic E-state index is 10.5. The summed E-state index contributed by atoms with van der Waals surface area (Å²) in [5, 5.41) is 11.3. The van der Waals surface area contributed by atoms with Crippen molar-refractivity contribution in [2.75, 3.05) is 0 Å². The number of hydrogen-bond donors (Lipinski definition) is 1. The summed E-state index contributed by atoms with van der Waals surface area (Å²) in [7, 11) is 0. The van der Waals surface area contributed by atoms with Gasteiger partial charge in [-0.2, -0.15) is 0 Å². The molecule has 2 heteroatoms. The molecule has 1 atom stereocenters. The molecule has 1 unspecified atom stereocenters. The van der Waals surface area contributed by atoms with Gasteiger partial charge in [-0.15, -0.1) is 0 Å². The molecule has 0 aromatic heterocycles. The van der Waals surface area contributed by atoms with Gasteiger partial charge in [0.15, 0.2) is 0 Å². The molecule has 0 amide bonds. The van der Waals surface area contributed by atoms with Gasteiger partial charge in [-0.1, -0.05) is 37.6 Å². The van der Waals surface area contributed by atoms with E-state index in [4.69, 9.17) is 11.6 Å². The first-order valence-electron chi connectivity index (χ1n) is 5.86. The lowest BCUT2D eigenvalue weighted by Crippen LogP contribution is -2.29. The zero-order valence-corrected chi connectivity index (χ0v) is 10.7. The van der Waals surface area contributed by atoms with Crippen LogP contribution in [0.1, 0.15) is 38.7 Å². The Kier molecular flexibility index (Phi) is 3.02. The molecule has 1 fully saturated rings. The predicted octanol–water partition coefficient (Wildman–Crippen LogP) is 3.82. The molecule has 1 nitrogen and oxygen atoms in total. The maximum atomic E-state index is 10.5. The first kappa shape index (κ1) is 11.9. The summed E-state index contributed by atoms with van der Waals surface area (Å²) in [4.78, 5) is 0. The van der Waals surface area contributed by atoms with E-state index in [0.717, 1.165) is 36.3 Å². The van der Waals surface area contributed by atoms with Gasteiger partial charge in [0.05, 0.1) is 5.60 Å². The van der Waals surface area contributed by atoms with Crippen molar-refractivity contribution >= 4 is 11.6 Å². The first-order chi connectivity index (χ1) is 7.39. The third-order valence-corrected chi connectivity index (χ3v) is 3.73. The first-order valence-corrected chi connectivity index (χ1v) is 6.23.